The summed E-state index contributed by atoms with van der Waals surface area (Å²) in [7, 11) is 0. The third-order valence-electron chi connectivity index (χ3n) is 7.27. The van der Waals surface area contributed by atoms with Gasteiger partial charge < -0.3 is 15.0 Å². The quantitative estimate of drug-likeness (QED) is 0.264. The molecule has 1 N–H and O–H groups in total. The van der Waals surface area contributed by atoms with E-state index in [1.807, 2.05) is 29.1 Å². The van der Waals surface area contributed by atoms with E-state index < -0.39 is 0 Å². The first-order valence-electron chi connectivity index (χ1n) is 35.5. The second-order valence-corrected chi connectivity index (χ2v) is 9.60. The Hall–Kier alpha value is -3.30. The van der Waals surface area contributed by atoms with Crippen molar-refractivity contribution >= 4 is 16.9 Å². The highest BCUT2D eigenvalue weighted by atomic mass is 16.5. The molecule has 2 aliphatic rings. The van der Waals surface area contributed by atoms with Crippen LogP contribution in [0.4, 0.5) is 5.82 Å². The summed E-state index contributed by atoms with van der Waals surface area (Å²) < 4.78 is 240. The zero-order valence-electron chi connectivity index (χ0n) is 66.6. The summed E-state index contributed by atoms with van der Waals surface area (Å²) >= 11 is 0. The molecular weight excluding hydrogens is 440 g/mol. The number of hydrogen-bond donors (Lipinski definition) is 1. The Morgan fingerprint density at radius 2 is 1.97 bits per heavy atom. The van der Waals surface area contributed by atoms with E-state index in [1.165, 1.54) is 0 Å². The molecule has 9 nitrogen and oxygen atoms in total. The molecule has 4 aromatic rings. The number of para-hydroxylation sites is 2. The number of rotatable bonds is 4. The first-order valence-corrected chi connectivity index (χ1v) is 12.5. The normalized spacial score (nSPS) is 24.8. The molecule has 9 heteroatoms. The van der Waals surface area contributed by atoms with Crippen LogP contribution in [0.25, 0.3) is 28.2 Å². The van der Waals surface area contributed by atoms with Crippen LogP contribution in [0.1, 0.15) is 105 Å². The molecule has 35 heavy (non-hydrogen) atoms. The third kappa shape index (κ3) is 3.98. The number of imidazole rings is 1. The van der Waals surface area contributed by atoms with Crippen molar-refractivity contribution in [3.8, 4) is 17.2 Å². The van der Waals surface area contributed by atoms with Crippen LogP contribution in [0, 0.1) is 13.8 Å². The van der Waals surface area contributed by atoms with Gasteiger partial charge in [0.2, 0.25) is 5.95 Å². The lowest BCUT2D eigenvalue weighted by molar-refractivity contribution is 0.0985. The van der Waals surface area contributed by atoms with Gasteiger partial charge in [-0.2, -0.15) is 10.1 Å². The average molecular weight is 565 g/mol. The Balaban J connectivity index is -0.0000000457. The first kappa shape index (κ1) is 8.38. The number of fused-ring (bicyclic) bond motifs is 1. The standard InChI is InChI=1S/C26H32N8O.23H2/c1-17-15-35-13-12-32(17)24-14-22(25-18(2)31-34(19(25)3)20-8-10-27-11-9-20)29-26(30-24)33-16-28-21-6-4-5-7-23(21)33;;;;;;;;;;;;;;;;;;;;;;;/h4-7,14,16-17,20,27H,8-13,15H2,1-3H3;23*1H/t17-;;;;;;;;;;;;;;;;;;;;;;;/m1......................./s1/i;23*1+1D. The molecule has 2 saturated heterocycles. The predicted molar refractivity (Wildman–Crippen MR) is 185 cm³/mol. The number of hydrogen-bond acceptors (Lipinski definition) is 7. The van der Waals surface area contributed by atoms with Crippen LogP contribution in [0.5, 0.6) is 0 Å². The minimum absolute atomic E-state index is 0.235. The molecule has 5 heterocycles. The monoisotopic (exact) mass is 565 g/mol. The molecule has 0 spiro atoms. The van der Waals surface area contributed by atoms with Crippen molar-refractivity contribution in [1.29, 1.82) is 0 Å². The second kappa shape index (κ2) is 9.05. The molecule has 2 aliphatic heterocycles. The Morgan fingerprint density at radius 1 is 1.14 bits per heavy atom. The highest BCUT2D eigenvalue weighted by Crippen LogP contribution is 2.33. The van der Waals surface area contributed by atoms with Gasteiger partial charge in [-0.25, -0.2) is 9.97 Å². The zero-order chi connectivity index (χ0) is 69.9. The van der Waals surface area contributed by atoms with Gasteiger partial charge in [0, 0.05) is 92.2 Å². The summed E-state index contributed by atoms with van der Waals surface area (Å²) in [4.78, 5) is 17.0. The molecule has 0 amide bonds. The Morgan fingerprint density at radius 3 is 2.80 bits per heavy atom. The smallest absolute Gasteiger partial charge is 0.237 e. The highest BCUT2D eigenvalue weighted by molar-refractivity contribution is 5.77. The number of aromatic nitrogens is 6. The summed E-state index contributed by atoms with van der Waals surface area (Å²) in [5, 5.41) is 8.44. The molecule has 2 fully saturated rings. The molecule has 0 radical (unpaired) electrons. The van der Waals surface area contributed by atoms with E-state index >= 15 is 0 Å². The summed E-state index contributed by atoms with van der Waals surface area (Å²) in [6, 6.07) is 10.9. The predicted octanol–water partition coefficient (Wildman–Crippen LogP) is 9.10. The topological polar surface area (TPSA) is 85.9 Å². The number of anilines is 1. The third-order valence-corrected chi connectivity index (χ3v) is 7.27. The van der Waals surface area contributed by atoms with E-state index in [2.05, 4.69) is 52.8 Å². The van der Waals surface area contributed by atoms with Crippen molar-refractivity contribution in [2.75, 3.05) is 37.7 Å². The first-order chi connectivity index (χ1) is 40.1. The number of aryl methyl sites for hydroxylation is 1. The maximum absolute atomic E-state index is 5.70. The summed E-state index contributed by atoms with van der Waals surface area (Å²) in [6.07, 6.45) is 4.00. The van der Waals surface area contributed by atoms with Crippen LogP contribution < -0.4 is 10.2 Å². The zero-order valence-corrected chi connectivity index (χ0v) is 20.6. The number of nitrogens with zero attached hydrogens (tertiary/aromatic N) is 7. The van der Waals surface area contributed by atoms with Crippen molar-refractivity contribution in [3.05, 3.63) is 48.0 Å². The van der Waals surface area contributed by atoms with Crippen molar-refractivity contribution < 1.29 is 73.0 Å². The molecule has 1 atom stereocenters. The van der Waals surface area contributed by atoms with Gasteiger partial charge in [0.1, 0.15) is 12.1 Å². The Labute approximate surface area is 276 Å². The molecule has 1 aromatic carbocycles. The molecule has 0 bridgehead atoms. The largest absolute Gasteiger partial charge is 0.377 e. The van der Waals surface area contributed by atoms with E-state index in [-0.39, 0.29) is 6.04 Å². The van der Waals surface area contributed by atoms with Gasteiger partial charge in [-0.1, -0.05) is 12.1 Å². The van der Waals surface area contributed by atoms with Crippen LogP contribution in [0.15, 0.2) is 36.7 Å². The van der Waals surface area contributed by atoms with Gasteiger partial charge >= 0.3 is 0 Å². The van der Waals surface area contributed by atoms with Gasteiger partial charge in [-0.15, -0.1) is 0 Å². The van der Waals surface area contributed by atoms with E-state index in [4.69, 9.17) is 88.1 Å². The van der Waals surface area contributed by atoms with Gasteiger partial charge in [0.25, 0.3) is 0 Å². The summed E-state index contributed by atoms with van der Waals surface area (Å²) in [5.41, 5.74) is 6.08. The van der Waals surface area contributed by atoms with Crippen LogP contribution >= 0.6 is 0 Å². The molecule has 228 valence electrons. The van der Waals surface area contributed by atoms with Crippen molar-refractivity contribution in [1.82, 2.24) is 34.6 Å². The Kier molecular flexibility index (Phi) is 2.17. The van der Waals surface area contributed by atoms with Crippen LogP contribution in [0.3, 0.4) is 0 Å². The molecular formula is C26H78N8O. The maximum atomic E-state index is 5.70. The second-order valence-electron chi connectivity index (χ2n) is 9.60. The fourth-order valence-electron chi connectivity index (χ4n) is 5.43. The molecule has 0 saturated carbocycles. The molecule has 0 unspecified atom stereocenters. The van der Waals surface area contributed by atoms with Crippen LogP contribution in [0.2, 0.25) is 0 Å². The number of nitrogens with one attached hydrogen (secondary N) is 1. The van der Waals surface area contributed by atoms with Crippen LogP contribution in [-0.2, 0) is 4.74 Å². The van der Waals surface area contributed by atoms with Crippen LogP contribution in [-0.4, -0.2) is 68.2 Å². The van der Waals surface area contributed by atoms with E-state index in [1.54, 1.807) is 0 Å². The van der Waals surface area contributed by atoms with Crippen molar-refractivity contribution in [2.24, 2.45) is 0 Å². The van der Waals surface area contributed by atoms with Gasteiger partial charge in [-0.05, 0) is 58.8 Å². The minimum Gasteiger partial charge on any atom is -0.377 e. The van der Waals surface area contributed by atoms with Crippen molar-refractivity contribution in [3.63, 3.8) is 0 Å². The summed E-state index contributed by atoms with van der Waals surface area (Å²) in [6.45, 7) is 10.7. The maximum Gasteiger partial charge on any atom is 0.237 e. The number of morpholine rings is 1. The fraction of sp³-hybridized carbons (Fsp3) is 0.462. The number of ether oxygens (including phenoxy) is 1. The highest BCUT2D eigenvalue weighted by Gasteiger charge is 2.26. The minimum atomic E-state index is 0.235. The lowest BCUT2D eigenvalue weighted by Gasteiger charge is -2.34. The van der Waals surface area contributed by atoms with Crippen molar-refractivity contribution in [2.45, 2.75) is 45.7 Å². The lowest BCUT2D eigenvalue weighted by atomic mass is 10.1. The van der Waals surface area contributed by atoms with Gasteiger partial charge in [0.05, 0.1) is 47.7 Å². The van der Waals surface area contributed by atoms with Gasteiger partial charge in [0.15, 0.2) is 0 Å². The average Bonchev–Trinajstić information content (AvgIpc) is 4.21. The Bertz CT molecular complexity index is 1430. The summed E-state index contributed by atoms with van der Waals surface area (Å²) in [5.74, 6) is 1.53. The van der Waals surface area contributed by atoms with E-state index in [9.17, 15) is 0 Å². The fourth-order valence-corrected chi connectivity index (χ4v) is 5.43. The number of benzene rings is 1. The molecule has 6 rings (SSSR count). The van der Waals surface area contributed by atoms with E-state index in [0.29, 0.717) is 25.2 Å². The number of piperidine rings is 1. The molecule has 3 aromatic heterocycles. The van der Waals surface area contributed by atoms with Gasteiger partial charge in [-0.3, -0.25) is 9.25 Å². The molecule has 0 aliphatic carbocycles. The lowest BCUT2D eigenvalue weighted by Crippen LogP contribution is -2.44. The van der Waals surface area contributed by atoms with E-state index in [0.717, 1.165) is 72.0 Å². The SMILES string of the molecule is Cc1nn(C2CCNCC2)c(C)c1-c1cc(N2CCOC[C@H]2C)nc(-n2cnc3ccccc32)n1.[2H][2H].[2H][2H].[2H][2H].[2H][2H].[2H][2H].[2H][2H].[2H][2H].[2H][2H].[2H][2H].[2H][2H].[2H][2H].[2H][2H].[2H][2H].[2H][2H].[2H][2H].[2H][2H].[2H][2H].[2H][2H].[2H][2H].[2H][2H].[2H][2H].[2H][2H].[2H][2H].